The van der Waals surface area contributed by atoms with Gasteiger partial charge in [0.15, 0.2) is 17.3 Å². The van der Waals surface area contributed by atoms with E-state index in [0.29, 0.717) is 29.6 Å². The van der Waals surface area contributed by atoms with E-state index < -0.39 is 6.10 Å². The van der Waals surface area contributed by atoms with Crippen molar-refractivity contribution in [3.8, 4) is 17.7 Å². The lowest BCUT2D eigenvalue weighted by molar-refractivity contribution is 0.0886. The van der Waals surface area contributed by atoms with Gasteiger partial charge >= 0.3 is 0 Å². The van der Waals surface area contributed by atoms with Gasteiger partial charge in [-0.05, 0) is 62.4 Å². The maximum absolute atomic E-state index is 10.0. The predicted octanol–water partition coefficient (Wildman–Crippen LogP) is 3.45. The summed E-state index contributed by atoms with van der Waals surface area (Å²) in [4.78, 5) is 9.49. The van der Waals surface area contributed by atoms with Gasteiger partial charge in [0.1, 0.15) is 18.2 Å². The van der Waals surface area contributed by atoms with Crippen molar-refractivity contribution in [1.82, 2.24) is 34.5 Å². The zero-order chi connectivity index (χ0) is 25.5. The number of aromatic nitrogens is 7. The molecule has 0 radical (unpaired) electrons. The number of hydrogen-bond acceptors (Lipinski definition) is 9. The molecular weight excluding hydrogens is 470 g/mol. The van der Waals surface area contributed by atoms with Crippen LogP contribution in [0.1, 0.15) is 35.2 Å². The lowest BCUT2D eigenvalue weighted by atomic mass is 10.1. The topological polar surface area (TPSA) is 140 Å². The quantitative estimate of drug-likeness (QED) is 0.377. The zero-order valence-electron chi connectivity index (χ0n) is 20.2. The number of pyridine rings is 1. The minimum absolute atomic E-state index is 0.265. The van der Waals surface area contributed by atoms with E-state index in [4.69, 9.17) is 9.72 Å². The Morgan fingerprint density at radius 2 is 2.00 bits per heavy atom. The summed E-state index contributed by atoms with van der Waals surface area (Å²) in [6.07, 6.45) is 1.32. The standard InChI is InChI=1S/C26H23N9O2/c1-15-3-7-24(32-31-15)29-17-4-6-21-22(10-17)34(14-28-21)25-8-5-20(23-11-19(36)13-37-23)26(30-25)35-16(2)9-18(12-27)33-35/h3-10,14,19,23,36H,11,13H2,1-2H3,(H,29,32)/t19-,23?/m0/s1. The van der Waals surface area contributed by atoms with E-state index in [2.05, 4.69) is 31.7 Å². The van der Waals surface area contributed by atoms with Crippen molar-refractivity contribution in [3.05, 3.63) is 77.5 Å². The van der Waals surface area contributed by atoms with Crippen LogP contribution in [0.25, 0.3) is 22.7 Å². The monoisotopic (exact) mass is 493 g/mol. The molecule has 37 heavy (non-hydrogen) atoms. The average Bonchev–Trinajstić information content (AvgIpc) is 3.63. The highest BCUT2D eigenvalue weighted by Gasteiger charge is 2.29. The van der Waals surface area contributed by atoms with E-state index in [-0.39, 0.29) is 12.7 Å². The van der Waals surface area contributed by atoms with Crippen LogP contribution in [0.5, 0.6) is 0 Å². The second-order valence-corrected chi connectivity index (χ2v) is 8.99. The molecule has 0 spiro atoms. The first-order chi connectivity index (χ1) is 18.0. The zero-order valence-corrected chi connectivity index (χ0v) is 20.2. The number of ether oxygens (including phenoxy) is 1. The van der Waals surface area contributed by atoms with E-state index in [1.807, 2.05) is 60.9 Å². The molecule has 1 fully saturated rings. The van der Waals surface area contributed by atoms with Crippen LogP contribution >= 0.6 is 0 Å². The van der Waals surface area contributed by atoms with E-state index in [0.717, 1.165) is 33.7 Å². The van der Waals surface area contributed by atoms with Crippen LogP contribution in [0.2, 0.25) is 0 Å². The van der Waals surface area contributed by atoms with E-state index >= 15 is 0 Å². The first kappa shape index (κ1) is 22.8. The van der Waals surface area contributed by atoms with Crippen molar-refractivity contribution in [3.63, 3.8) is 0 Å². The van der Waals surface area contributed by atoms with E-state index in [9.17, 15) is 10.4 Å². The number of benzene rings is 1. The number of hydrogen-bond donors (Lipinski definition) is 2. The maximum Gasteiger partial charge on any atom is 0.163 e. The third kappa shape index (κ3) is 4.29. The third-order valence-corrected chi connectivity index (χ3v) is 6.28. The van der Waals surface area contributed by atoms with Crippen LogP contribution in [-0.4, -0.2) is 52.3 Å². The number of aryl methyl sites for hydroxylation is 2. The first-order valence-electron chi connectivity index (χ1n) is 11.8. The van der Waals surface area contributed by atoms with Crippen molar-refractivity contribution in [1.29, 1.82) is 5.26 Å². The predicted molar refractivity (Wildman–Crippen MR) is 135 cm³/mol. The minimum atomic E-state index is -0.535. The third-order valence-electron chi connectivity index (χ3n) is 6.28. The number of rotatable bonds is 5. The van der Waals surface area contributed by atoms with Gasteiger partial charge in [0.2, 0.25) is 0 Å². The maximum atomic E-state index is 10.0. The summed E-state index contributed by atoms with van der Waals surface area (Å²) in [5, 5.41) is 35.4. The number of nitrogens with one attached hydrogen (secondary N) is 1. The van der Waals surface area contributed by atoms with Gasteiger partial charge in [0.25, 0.3) is 0 Å². The summed E-state index contributed by atoms with van der Waals surface area (Å²) in [5.74, 6) is 1.81. The molecule has 2 atom stereocenters. The molecule has 11 heteroatoms. The molecule has 4 aromatic heterocycles. The molecule has 11 nitrogen and oxygen atoms in total. The molecule has 184 valence electrons. The Bertz CT molecular complexity index is 1650. The first-order valence-corrected chi connectivity index (χ1v) is 11.8. The Balaban J connectivity index is 1.44. The molecule has 6 rings (SSSR count). The Labute approximate surface area is 212 Å². The Kier molecular flexibility index (Phi) is 5.60. The van der Waals surface area contributed by atoms with Crippen molar-refractivity contribution >= 4 is 22.5 Å². The molecule has 5 aromatic rings. The van der Waals surface area contributed by atoms with E-state index in [1.165, 1.54) is 0 Å². The summed E-state index contributed by atoms with van der Waals surface area (Å²) in [7, 11) is 0. The summed E-state index contributed by atoms with van der Waals surface area (Å²) >= 11 is 0. The molecule has 0 saturated carbocycles. The SMILES string of the molecule is Cc1ccc(Nc2ccc3ncn(-c4ccc(C5C[C@H](O)CO5)c(-n5nc(C#N)cc5C)n4)c3c2)nn1. The number of imidazole rings is 1. The highest BCUT2D eigenvalue weighted by molar-refractivity contribution is 5.82. The second-order valence-electron chi connectivity index (χ2n) is 8.99. The average molecular weight is 494 g/mol. The fraction of sp³-hybridized carbons (Fsp3) is 0.231. The minimum Gasteiger partial charge on any atom is -0.391 e. The smallest absolute Gasteiger partial charge is 0.163 e. The Hall–Kier alpha value is -4.66. The van der Waals surface area contributed by atoms with Crippen LogP contribution in [0.15, 0.2) is 54.9 Å². The number of anilines is 2. The molecule has 1 aliphatic rings. The number of nitriles is 1. The highest BCUT2D eigenvalue weighted by atomic mass is 16.5. The van der Waals surface area contributed by atoms with Crippen molar-refractivity contribution in [2.45, 2.75) is 32.5 Å². The molecule has 1 aromatic carbocycles. The lowest BCUT2D eigenvalue weighted by Gasteiger charge is -2.17. The summed E-state index contributed by atoms with van der Waals surface area (Å²) in [6, 6.07) is 17.2. The highest BCUT2D eigenvalue weighted by Crippen LogP contribution is 2.33. The number of fused-ring (bicyclic) bond motifs is 1. The number of nitrogens with zero attached hydrogens (tertiary/aromatic N) is 8. The van der Waals surface area contributed by atoms with Crippen LogP contribution in [-0.2, 0) is 4.74 Å². The summed E-state index contributed by atoms with van der Waals surface area (Å²) in [5.41, 5.74) is 5.18. The van der Waals surface area contributed by atoms with Crippen molar-refractivity contribution < 1.29 is 9.84 Å². The number of aliphatic hydroxyl groups is 1. The van der Waals surface area contributed by atoms with Gasteiger partial charge in [-0.15, -0.1) is 5.10 Å². The van der Waals surface area contributed by atoms with Crippen molar-refractivity contribution in [2.75, 3.05) is 11.9 Å². The van der Waals surface area contributed by atoms with Gasteiger partial charge in [-0.1, -0.05) is 0 Å². The van der Waals surface area contributed by atoms with Crippen LogP contribution < -0.4 is 5.32 Å². The molecule has 1 saturated heterocycles. The molecule has 0 amide bonds. The summed E-state index contributed by atoms with van der Waals surface area (Å²) < 4.78 is 9.37. The largest absolute Gasteiger partial charge is 0.391 e. The molecule has 5 heterocycles. The molecule has 2 N–H and O–H groups in total. The molecule has 1 aliphatic heterocycles. The van der Waals surface area contributed by atoms with Crippen molar-refractivity contribution in [2.24, 2.45) is 0 Å². The van der Waals surface area contributed by atoms with Crippen LogP contribution in [0.3, 0.4) is 0 Å². The molecule has 0 aliphatic carbocycles. The van der Waals surface area contributed by atoms with Crippen LogP contribution in [0.4, 0.5) is 11.5 Å². The van der Waals surface area contributed by atoms with Gasteiger partial charge in [0.05, 0.1) is 35.5 Å². The molecular formula is C26H23N9O2. The summed E-state index contributed by atoms with van der Waals surface area (Å²) in [6.45, 7) is 4.02. The Morgan fingerprint density at radius 1 is 1.11 bits per heavy atom. The Morgan fingerprint density at radius 3 is 2.73 bits per heavy atom. The normalized spacial score (nSPS) is 17.2. The van der Waals surface area contributed by atoms with Crippen LogP contribution in [0, 0.1) is 25.2 Å². The van der Waals surface area contributed by atoms with Gasteiger partial charge < -0.3 is 15.2 Å². The van der Waals surface area contributed by atoms with Gasteiger partial charge in [0, 0.05) is 23.4 Å². The fourth-order valence-electron chi connectivity index (χ4n) is 4.46. The molecule has 0 bridgehead atoms. The van der Waals surface area contributed by atoms with Gasteiger partial charge in [-0.2, -0.15) is 15.5 Å². The molecule has 1 unspecified atom stereocenters. The van der Waals surface area contributed by atoms with Gasteiger partial charge in [-0.3, -0.25) is 4.57 Å². The van der Waals surface area contributed by atoms with E-state index in [1.54, 1.807) is 17.1 Å². The lowest BCUT2D eigenvalue weighted by Crippen LogP contribution is -2.12. The second kappa shape index (κ2) is 9.09. The number of aliphatic hydroxyl groups excluding tert-OH is 1. The fourth-order valence-corrected chi connectivity index (χ4v) is 4.46. The van der Waals surface area contributed by atoms with Gasteiger partial charge in [-0.25, -0.2) is 14.6 Å².